The number of likely N-dealkylation sites (tertiary alicyclic amines) is 1. The quantitative estimate of drug-likeness (QED) is 0.695. The lowest BCUT2D eigenvalue weighted by atomic mass is 9.72. The first-order valence-electron chi connectivity index (χ1n) is 11.9. The van der Waals surface area contributed by atoms with Crippen LogP contribution < -0.4 is 5.32 Å². The zero-order chi connectivity index (χ0) is 22.6. The largest absolute Gasteiger partial charge is 0.356 e. The van der Waals surface area contributed by atoms with Gasteiger partial charge in [-0.15, -0.1) is 0 Å². The van der Waals surface area contributed by atoms with Crippen molar-refractivity contribution in [3.05, 3.63) is 59.9 Å². The molecule has 2 aliphatic rings. The highest BCUT2D eigenvalue weighted by molar-refractivity contribution is 5.84. The highest BCUT2D eigenvalue weighted by Crippen LogP contribution is 2.37. The molecule has 0 bridgehead atoms. The minimum atomic E-state index is -0.512. The summed E-state index contributed by atoms with van der Waals surface area (Å²) >= 11 is 0. The highest BCUT2D eigenvalue weighted by atomic mass is 19.1. The third-order valence-electron chi connectivity index (χ3n) is 7.24. The predicted molar refractivity (Wildman–Crippen MR) is 124 cm³/mol. The van der Waals surface area contributed by atoms with E-state index in [0.717, 1.165) is 36.8 Å². The van der Waals surface area contributed by atoms with Gasteiger partial charge in [0.05, 0.1) is 5.41 Å². The number of amides is 2. The molecule has 0 atom stereocenters. The lowest BCUT2D eigenvalue weighted by Crippen LogP contribution is -2.52. The molecule has 4 rings (SSSR count). The van der Waals surface area contributed by atoms with Gasteiger partial charge in [-0.3, -0.25) is 9.59 Å². The number of rotatable bonds is 6. The average molecular weight is 437 g/mol. The van der Waals surface area contributed by atoms with Gasteiger partial charge in [0.15, 0.2) is 0 Å². The number of piperidine rings is 1. The number of hydrogen-bond donors (Lipinski definition) is 1. The molecule has 4 nitrogen and oxygen atoms in total. The molecular weight excluding hydrogens is 403 g/mol. The minimum absolute atomic E-state index is 0.0751. The van der Waals surface area contributed by atoms with Gasteiger partial charge in [0.25, 0.3) is 0 Å². The lowest BCUT2D eigenvalue weighted by Gasteiger charge is -2.41. The summed E-state index contributed by atoms with van der Waals surface area (Å²) < 4.78 is 14.1. The van der Waals surface area contributed by atoms with Crippen molar-refractivity contribution in [2.24, 2.45) is 11.3 Å². The second-order valence-electron chi connectivity index (χ2n) is 9.30. The van der Waals surface area contributed by atoms with Crippen molar-refractivity contribution in [3.8, 4) is 11.1 Å². The summed E-state index contributed by atoms with van der Waals surface area (Å²) in [6.45, 7) is 3.81. The summed E-state index contributed by atoms with van der Waals surface area (Å²) in [5, 5.41) is 3.03. The first-order valence-corrected chi connectivity index (χ1v) is 11.9. The molecule has 170 valence electrons. The standard InChI is InChI=1S/C27H33FN2O2/c1-2-29-26(32)27(15-17-30(18-16-27)25(31)22-7-3-4-8-22)19-20-11-13-21(14-12-20)23-9-5-6-10-24(23)28/h5-6,9-14,22H,2-4,7-8,15-19H2,1H3,(H,29,32). The Hall–Kier alpha value is -2.69. The molecule has 0 spiro atoms. The van der Waals surface area contributed by atoms with Crippen LogP contribution in [0.25, 0.3) is 11.1 Å². The molecule has 2 amide bonds. The van der Waals surface area contributed by atoms with Crippen molar-refractivity contribution in [3.63, 3.8) is 0 Å². The zero-order valence-corrected chi connectivity index (χ0v) is 18.9. The number of halogens is 1. The molecule has 1 N–H and O–H groups in total. The maximum atomic E-state index is 14.1. The second kappa shape index (κ2) is 9.85. The van der Waals surface area contributed by atoms with E-state index in [4.69, 9.17) is 0 Å². The zero-order valence-electron chi connectivity index (χ0n) is 18.9. The van der Waals surface area contributed by atoms with Crippen molar-refractivity contribution < 1.29 is 14.0 Å². The van der Waals surface area contributed by atoms with Crippen LogP contribution in [-0.2, 0) is 16.0 Å². The van der Waals surface area contributed by atoms with Gasteiger partial charge >= 0.3 is 0 Å². The summed E-state index contributed by atoms with van der Waals surface area (Å²) in [7, 11) is 0. The Bertz CT molecular complexity index is 942. The lowest BCUT2D eigenvalue weighted by molar-refractivity contribution is -0.143. The molecule has 32 heavy (non-hydrogen) atoms. The van der Waals surface area contributed by atoms with Crippen molar-refractivity contribution >= 4 is 11.8 Å². The van der Waals surface area contributed by atoms with E-state index in [0.29, 0.717) is 44.5 Å². The maximum Gasteiger partial charge on any atom is 0.226 e. The fourth-order valence-electron chi connectivity index (χ4n) is 5.31. The van der Waals surface area contributed by atoms with Crippen molar-refractivity contribution in [1.82, 2.24) is 10.2 Å². The molecule has 1 heterocycles. The monoisotopic (exact) mass is 436 g/mol. The summed E-state index contributed by atoms with van der Waals surface area (Å²) in [6.07, 6.45) is 6.28. The molecule has 2 fully saturated rings. The molecule has 0 aromatic heterocycles. The third-order valence-corrected chi connectivity index (χ3v) is 7.24. The van der Waals surface area contributed by atoms with Crippen LogP contribution in [0.3, 0.4) is 0 Å². The first-order chi connectivity index (χ1) is 15.5. The molecule has 1 saturated carbocycles. The summed E-state index contributed by atoms with van der Waals surface area (Å²) in [6, 6.07) is 14.6. The average Bonchev–Trinajstić information content (AvgIpc) is 3.35. The number of benzene rings is 2. The van der Waals surface area contributed by atoms with Gasteiger partial charge in [-0.2, -0.15) is 0 Å². The SMILES string of the molecule is CCNC(=O)C1(Cc2ccc(-c3ccccc3F)cc2)CCN(C(=O)C2CCCC2)CC1. The van der Waals surface area contributed by atoms with E-state index in [9.17, 15) is 14.0 Å². The molecule has 2 aromatic rings. The van der Waals surface area contributed by atoms with E-state index >= 15 is 0 Å². The van der Waals surface area contributed by atoms with Gasteiger partial charge in [0, 0.05) is 31.1 Å². The highest BCUT2D eigenvalue weighted by Gasteiger charge is 2.43. The Labute approximate surface area is 190 Å². The summed E-state index contributed by atoms with van der Waals surface area (Å²) in [5.41, 5.74) is 1.96. The van der Waals surface area contributed by atoms with Crippen molar-refractivity contribution in [2.45, 2.75) is 51.9 Å². The topological polar surface area (TPSA) is 49.4 Å². The Kier molecular flexibility index (Phi) is 6.92. The van der Waals surface area contributed by atoms with Crippen LogP contribution >= 0.6 is 0 Å². The van der Waals surface area contributed by atoms with Crippen molar-refractivity contribution in [2.75, 3.05) is 19.6 Å². The molecule has 1 aliphatic heterocycles. The Morgan fingerprint density at radius 3 is 2.31 bits per heavy atom. The van der Waals surface area contributed by atoms with Gasteiger partial charge in [0.1, 0.15) is 5.82 Å². The van der Waals surface area contributed by atoms with E-state index in [1.807, 2.05) is 42.2 Å². The van der Waals surface area contributed by atoms with Gasteiger partial charge in [-0.05, 0) is 56.2 Å². The van der Waals surface area contributed by atoms with E-state index in [1.165, 1.54) is 6.07 Å². The normalized spacial score (nSPS) is 18.5. The first kappa shape index (κ1) is 22.5. The van der Waals surface area contributed by atoms with Crippen molar-refractivity contribution in [1.29, 1.82) is 0 Å². The van der Waals surface area contributed by atoms with E-state index < -0.39 is 5.41 Å². The Balaban J connectivity index is 1.48. The van der Waals surface area contributed by atoms with Crippen LogP contribution in [0.4, 0.5) is 4.39 Å². The Morgan fingerprint density at radius 2 is 1.69 bits per heavy atom. The van der Waals surface area contributed by atoms with Crippen LogP contribution in [0.5, 0.6) is 0 Å². The van der Waals surface area contributed by atoms with E-state index in [2.05, 4.69) is 5.32 Å². The number of carbonyl (C=O) groups excluding carboxylic acids is 2. The molecule has 2 aromatic carbocycles. The fraction of sp³-hybridized carbons (Fsp3) is 0.481. The number of nitrogens with one attached hydrogen (secondary N) is 1. The van der Waals surface area contributed by atoms with Gasteiger partial charge < -0.3 is 10.2 Å². The maximum absolute atomic E-state index is 14.1. The fourth-order valence-corrected chi connectivity index (χ4v) is 5.31. The van der Waals surface area contributed by atoms with Crippen LogP contribution in [0.15, 0.2) is 48.5 Å². The third kappa shape index (κ3) is 4.72. The minimum Gasteiger partial charge on any atom is -0.356 e. The van der Waals surface area contributed by atoms with Gasteiger partial charge in [-0.25, -0.2) is 4.39 Å². The smallest absolute Gasteiger partial charge is 0.226 e. The summed E-state index contributed by atoms with van der Waals surface area (Å²) in [5.74, 6) is 0.295. The van der Waals surface area contributed by atoms with E-state index in [1.54, 1.807) is 12.1 Å². The number of hydrogen-bond acceptors (Lipinski definition) is 2. The summed E-state index contributed by atoms with van der Waals surface area (Å²) in [4.78, 5) is 28.0. The van der Waals surface area contributed by atoms with Crippen LogP contribution in [0, 0.1) is 17.2 Å². The number of nitrogens with zero attached hydrogens (tertiary/aromatic N) is 1. The molecule has 0 unspecified atom stereocenters. The molecular formula is C27H33FN2O2. The molecule has 1 saturated heterocycles. The van der Waals surface area contributed by atoms with Gasteiger partial charge in [-0.1, -0.05) is 55.3 Å². The van der Waals surface area contributed by atoms with Gasteiger partial charge in [0.2, 0.25) is 11.8 Å². The van der Waals surface area contributed by atoms with Crippen LogP contribution in [0.2, 0.25) is 0 Å². The molecule has 0 radical (unpaired) electrons. The Morgan fingerprint density at radius 1 is 1.03 bits per heavy atom. The van der Waals surface area contributed by atoms with Crippen LogP contribution in [0.1, 0.15) is 51.0 Å². The molecule has 1 aliphatic carbocycles. The number of carbonyl (C=O) groups is 2. The molecule has 5 heteroatoms. The second-order valence-corrected chi connectivity index (χ2v) is 9.30. The predicted octanol–water partition coefficient (Wildman–Crippen LogP) is 4.97. The van der Waals surface area contributed by atoms with Crippen LogP contribution in [-0.4, -0.2) is 36.3 Å². The van der Waals surface area contributed by atoms with E-state index in [-0.39, 0.29) is 23.5 Å².